The number of carboxylic acid groups (broad SMARTS) is 1. The second kappa shape index (κ2) is 10.1. The van der Waals surface area contributed by atoms with Crippen molar-refractivity contribution in [2.45, 2.75) is 13.5 Å². The maximum absolute atomic E-state index is 11.8. The molecule has 0 aliphatic rings. The molecule has 28 heavy (non-hydrogen) atoms. The van der Waals surface area contributed by atoms with Gasteiger partial charge in [0.25, 0.3) is 0 Å². The van der Waals surface area contributed by atoms with Gasteiger partial charge in [0.05, 0.1) is 18.4 Å². The number of rotatable bonds is 7. The second-order valence-corrected chi connectivity index (χ2v) is 5.94. The lowest BCUT2D eigenvalue weighted by Gasteiger charge is -2.08. The van der Waals surface area contributed by atoms with Crippen molar-refractivity contribution in [1.82, 2.24) is 10.7 Å². The summed E-state index contributed by atoms with van der Waals surface area (Å²) in [5, 5.41) is 15.8. The molecular formula is C19H18ClN3O5. The SMILES string of the molecule is CCOc1ccc(C(=O)O)cc1/C=N\NC(=O)C(=O)NCc1ccc(Cl)cc1. The molecule has 0 atom stereocenters. The summed E-state index contributed by atoms with van der Waals surface area (Å²) in [5.74, 6) is -2.53. The van der Waals surface area contributed by atoms with Crippen LogP contribution in [-0.4, -0.2) is 35.7 Å². The van der Waals surface area contributed by atoms with E-state index < -0.39 is 17.8 Å². The van der Waals surface area contributed by atoms with Gasteiger partial charge in [0.1, 0.15) is 5.75 Å². The number of nitrogens with zero attached hydrogens (tertiary/aromatic N) is 1. The summed E-state index contributed by atoms with van der Waals surface area (Å²) in [4.78, 5) is 34.7. The minimum atomic E-state index is -1.11. The number of nitrogens with one attached hydrogen (secondary N) is 2. The average Bonchev–Trinajstić information content (AvgIpc) is 2.68. The number of aromatic carboxylic acids is 1. The van der Waals surface area contributed by atoms with Crippen LogP contribution in [0.1, 0.15) is 28.4 Å². The first-order chi connectivity index (χ1) is 13.4. The van der Waals surface area contributed by atoms with Gasteiger partial charge in [0, 0.05) is 17.1 Å². The van der Waals surface area contributed by atoms with Crippen molar-refractivity contribution >= 4 is 35.6 Å². The maximum atomic E-state index is 11.8. The topological polar surface area (TPSA) is 117 Å². The molecule has 0 saturated heterocycles. The highest BCUT2D eigenvalue weighted by atomic mass is 35.5. The Labute approximate surface area is 166 Å². The summed E-state index contributed by atoms with van der Waals surface area (Å²) < 4.78 is 5.39. The van der Waals surface area contributed by atoms with Crippen molar-refractivity contribution in [2.24, 2.45) is 5.10 Å². The fraction of sp³-hybridized carbons (Fsp3) is 0.158. The number of hydrazone groups is 1. The molecule has 3 N–H and O–H groups in total. The highest BCUT2D eigenvalue weighted by molar-refractivity contribution is 6.35. The Hall–Kier alpha value is -3.39. The van der Waals surface area contributed by atoms with E-state index in [4.69, 9.17) is 21.4 Å². The monoisotopic (exact) mass is 403 g/mol. The van der Waals surface area contributed by atoms with Gasteiger partial charge in [0.15, 0.2) is 0 Å². The molecule has 0 fully saturated rings. The van der Waals surface area contributed by atoms with Gasteiger partial charge in [-0.15, -0.1) is 0 Å². The minimum Gasteiger partial charge on any atom is -0.493 e. The van der Waals surface area contributed by atoms with Crippen LogP contribution in [0.5, 0.6) is 5.75 Å². The number of ether oxygens (including phenoxy) is 1. The van der Waals surface area contributed by atoms with Crippen molar-refractivity contribution in [2.75, 3.05) is 6.61 Å². The number of carbonyl (C=O) groups excluding carboxylic acids is 2. The van der Waals surface area contributed by atoms with E-state index in [0.717, 1.165) is 5.56 Å². The van der Waals surface area contributed by atoms with E-state index in [1.54, 1.807) is 31.2 Å². The smallest absolute Gasteiger partial charge is 0.335 e. The molecule has 0 heterocycles. The number of benzene rings is 2. The molecule has 2 amide bonds. The van der Waals surface area contributed by atoms with Gasteiger partial charge in [-0.3, -0.25) is 9.59 Å². The maximum Gasteiger partial charge on any atom is 0.335 e. The van der Waals surface area contributed by atoms with Crippen LogP contribution in [0.15, 0.2) is 47.6 Å². The standard InChI is InChI=1S/C19H18ClN3O5/c1-2-28-16-8-5-13(19(26)27)9-14(16)11-22-23-18(25)17(24)21-10-12-3-6-15(20)7-4-12/h3-9,11H,2,10H2,1H3,(H,21,24)(H,23,25)(H,26,27)/b22-11-. The summed E-state index contributed by atoms with van der Waals surface area (Å²) in [6, 6.07) is 11.0. The van der Waals surface area contributed by atoms with Gasteiger partial charge in [-0.05, 0) is 42.8 Å². The van der Waals surface area contributed by atoms with E-state index >= 15 is 0 Å². The molecule has 9 heteroatoms. The van der Waals surface area contributed by atoms with Crippen LogP contribution in [0.25, 0.3) is 0 Å². The Bertz CT molecular complexity index is 897. The number of amides is 2. The van der Waals surface area contributed by atoms with Crippen molar-refractivity contribution in [3.05, 3.63) is 64.2 Å². The van der Waals surface area contributed by atoms with Gasteiger partial charge in [-0.25, -0.2) is 10.2 Å². The van der Waals surface area contributed by atoms with Gasteiger partial charge < -0.3 is 15.2 Å². The number of hydrogen-bond donors (Lipinski definition) is 3. The summed E-state index contributed by atoms with van der Waals surface area (Å²) in [5.41, 5.74) is 3.26. The first-order valence-corrected chi connectivity index (χ1v) is 8.64. The average molecular weight is 404 g/mol. The number of carbonyl (C=O) groups is 3. The van der Waals surface area contributed by atoms with Crippen LogP contribution in [0.3, 0.4) is 0 Å². The lowest BCUT2D eigenvalue weighted by atomic mass is 10.1. The predicted molar refractivity (Wildman–Crippen MR) is 104 cm³/mol. The first kappa shape index (κ1) is 20.9. The summed E-state index contributed by atoms with van der Waals surface area (Å²) in [6.07, 6.45) is 1.21. The summed E-state index contributed by atoms with van der Waals surface area (Å²) in [7, 11) is 0. The lowest BCUT2D eigenvalue weighted by Crippen LogP contribution is -2.37. The zero-order valence-corrected chi connectivity index (χ0v) is 15.7. The van der Waals surface area contributed by atoms with Gasteiger partial charge >= 0.3 is 17.8 Å². The molecule has 0 saturated carbocycles. The van der Waals surface area contributed by atoms with E-state index in [9.17, 15) is 14.4 Å². The lowest BCUT2D eigenvalue weighted by molar-refractivity contribution is -0.139. The second-order valence-electron chi connectivity index (χ2n) is 5.50. The highest BCUT2D eigenvalue weighted by Gasteiger charge is 2.12. The number of halogens is 1. The first-order valence-electron chi connectivity index (χ1n) is 8.26. The molecule has 0 radical (unpaired) electrons. The molecule has 0 aromatic heterocycles. The Morgan fingerprint density at radius 2 is 1.86 bits per heavy atom. The van der Waals surface area contributed by atoms with E-state index in [-0.39, 0.29) is 12.1 Å². The molecule has 2 aromatic carbocycles. The van der Waals surface area contributed by atoms with Crippen LogP contribution in [0, 0.1) is 0 Å². The van der Waals surface area contributed by atoms with Crippen LogP contribution in [-0.2, 0) is 16.1 Å². The summed E-state index contributed by atoms with van der Waals surface area (Å²) >= 11 is 5.78. The zero-order chi connectivity index (χ0) is 20.5. The van der Waals surface area contributed by atoms with Crippen LogP contribution in [0.4, 0.5) is 0 Å². The van der Waals surface area contributed by atoms with E-state index in [2.05, 4.69) is 15.8 Å². The Morgan fingerprint density at radius 3 is 2.50 bits per heavy atom. The molecule has 0 aliphatic carbocycles. The third-order valence-electron chi connectivity index (χ3n) is 3.50. The van der Waals surface area contributed by atoms with E-state index in [1.807, 2.05) is 0 Å². The molecule has 8 nitrogen and oxygen atoms in total. The number of hydrogen-bond acceptors (Lipinski definition) is 5. The molecule has 0 unspecified atom stereocenters. The quantitative estimate of drug-likeness (QED) is 0.372. The third-order valence-corrected chi connectivity index (χ3v) is 3.75. The van der Waals surface area contributed by atoms with Gasteiger partial charge in [0.2, 0.25) is 0 Å². The van der Waals surface area contributed by atoms with Crippen molar-refractivity contribution < 1.29 is 24.2 Å². The Morgan fingerprint density at radius 1 is 1.14 bits per heavy atom. The molecule has 0 spiro atoms. The van der Waals surface area contributed by atoms with Crippen molar-refractivity contribution in [3.63, 3.8) is 0 Å². The Balaban J connectivity index is 1.96. The molecule has 2 rings (SSSR count). The predicted octanol–water partition coefficient (Wildman–Crippen LogP) is 2.20. The summed E-state index contributed by atoms with van der Waals surface area (Å²) in [6.45, 7) is 2.30. The Kier molecular flexibility index (Phi) is 7.53. The minimum absolute atomic E-state index is 0.0388. The fourth-order valence-corrected chi connectivity index (χ4v) is 2.27. The third kappa shape index (κ3) is 6.10. The van der Waals surface area contributed by atoms with Crippen molar-refractivity contribution in [3.8, 4) is 5.75 Å². The largest absolute Gasteiger partial charge is 0.493 e. The fourth-order valence-electron chi connectivity index (χ4n) is 2.15. The van der Waals surface area contributed by atoms with Crippen LogP contribution >= 0.6 is 11.6 Å². The van der Waals surface area contributed by atoms with Crippen LogP contribution in [0.2, 0.25) is 5.02 Å². The van der Waals surface area contributed by atoms with Gasteiger partial charge in [-0.1, -0.05) is 23.7 Å². The van der Waals surface area contributed by atoms with E-state index in [1.165, 1.54) is 24.4 Å². The molecule has 146 valence electrons. The molecule has 0 aliphatic heterocycles. The zero-order valence-electron chi connectivity index (χ0n) is 14.9. The van der Waals surface area contributed by atoms with E-state index in [0.29, 0.717) is 22.9 Å². The normalized spacial score (nSPS) is 10.5. The molecular weight excluding hydrogens is 386 g/mol. The van der Waals surface area contributed by atoms with Crippen molar-refractivity contribution in [1.29, 1.82) is 0 Å². The highest BCUT2D eigenvalue weighted by Crippen LogP contribution is 2.18. The van der Waals surface area contributed by atoms with Gasteiger partial charge in [-0.2, -0.15) is 5.10 Å². The van der Waals surface area contributed by atoms with Crippen LogP contribution < -0.4 is 15.5 Å². The molecule has 2 aromatic rings. The molecule has 0 bridgehead atoms. The number of carboxylic acids is 1.